The second-order valence-electron chi connectivity index (χ2n) is 3.64. The van der Waals surface area contributed by atoms with Gasteiger partial charge in [-0.3, -0.25) is 9.89 Å². The molecule has 0 atom stereocenters. The molecule has 0 spiro atoms. The van der Waals surface area contributed by atoms with Gasteiger partial charge in [0.05, 0.1) is 0 Å². The van der Waals surface area contributed by atoms with Crippen LogP contribution in [0, 0.1) is 6.92 Å². The smallest absolute Gasteiger partial charge is 0.290 e. The number of carbonyl (C=O) groups is 1. The van der Waals surface area contributed by atoms with Gasteiger partial charge < -0.3 is 10.3 Å². The van der Waals surface area contributed by atoms with Gasteiger partial charge in [0.15, 0.2) is 0 Å². The maximum Gasteiger partial charge on any atom is 0.290 e. The van der Waals surface area contributed by atoms with E-state index < -0.39 is 0 Å². The third-order valence-corrected chi connectivity index (χ3v) is 2.23. The first kappa shape index (κ1) is 11.3. The van der Waals surface area contributed by atoms with Crippen LogP contribution in [-0.2, 0) is 6.42 Å². The Morgan fingerprint density at radius 2 is 2.41 bits per heavy atom. The van der Waals surface area contributed by atoms with E-state index in [9.17, 15) is 4.79 Å². The van der Waals surface area contributed by atoms with E-state index in [4.69, 9.17) is 0 Å². The molecule has 2 heterocycles. The van der Waals surface area contributed by atoms with Crippen molar-refractivity contribution in [1.29, 1.82) is 0 Å². The number of nitrogens with zero attached hydrogens (tertiary/aromatic N) is 3. The van der Waals surface area contributed by atoms with E-state index in [1.807, 2.05) is 0 Å². The Labute approximate surface area is 98.1 Å². The van der Waals surface area contributed by atoms with Gasteiger partial charge in [-0.05, 0) is 13.3 Å². The minimum absolute atomic E-state index is 0.181. The Kier molecular flexibility index (Phi) is 3.49. The molecule has 90 valence electrons. The van der Waals surface area contributed by atoms with Crippen molar-refractivity contribution in [3.05, 3.63) is 29.9 Å². The van der Waals surface area contributed by atoms with E-state index >= 15 is 0 Å². The highest BCUT2D eigenvalue weighted by atomic mass is 16.2. The number of carbonyl (C=O) groups excluding carboxylic acids is 1. The summed E-state index contributed by atoms with van der Waals surface area (Å²) in [7, 11) is 0. The lowest BCUT2D eigenvalue weighted by atomic mass is 10.3. The lowest BCUT2D eigenvalue weighted by molar-refractivity contribution is 0.0943. The van der Waals surface area contributed by atoms with Crippen molar-refractivity contribution in [2.75, 3.05) is 6.54 Å². The van der Waals surface area contributed by atoms with Gasteiger partial charge in [-0.2, -0.15) is 0 Å². The average Bonchev–Trinajstić information content (AvgIpc) is 2.95. The number of aryl methyl sites for hydroxylation is 2. The predicted molar refractivity (Wildman–Crippen MR) is 60.4 cm³/mol. The molecule has 0 saturated heterocycles. The highest BCUT2D eigenvalue weighted by molar-refractivity contribution is 5.90. The second kappa shape index (κ2) is 5.24. The molecule has 0 saturated carbocycles. The summed E-state index contributed by atoms with van der Waals surface area (Å²) in [5, 5.41) is 9.15. The zero-order valence-electron chi connectivity index (χ0n) is 9.53. The van der Waals surface area contributed by atoms with Crippen LogP contribution in [0.15, 0.2) is 12.4 Å². The van der Waals surface area contributed by atoms with Gasteiger partial charge in [-0.1, -0.05) is 0 Å². The van der Waals surface area contributed by atoms with Gasteiger partial charge in [0.1, 0.15) is 11.6 Å². The molecule has 0 aliphatic heterocycles. The van der Waals surface area contributed by atoms with E-state index in [2.05, 4.69) is 30.5 Å². The van der Waals surface area contributed by atoms with Crippen LogP contribution in [-0.4, -0.2) is 37.6 Å². The normalized spacial score (nSPS) is 10.4. The van der Waals surface area contributed by atoms with Crippen molar-refractivity contribution in [2.24, 2.45) is 0 Å². The van der Waals surface area contributed by atoms with Crippen molar-refractivity contribution in [2.45, 2.75) is 19.8 Å². The third-order valence-electron chi connectivity index (χ3n) is 2.23. The maximum atomic E-state index is 11.5. The molecule has 2 aromatic rings. The van der Waals surface area contributed by atoms with Gasteiger partial charge in [-0.25, -0.2) is 9.97 Å². The summed E-state index contributed by atoms with van der Waals surface area (Å²) >= 11 is 0. The molecular formula is C10H14N6O. The van der Waals surface area contributed by atoms with Crippen LogP contribution >= 0.6 is 0 Å². The van der Waals surface area contributed by atoms with Gasteiger partial charge in [0.25, 0.3) is 5.91 Å². The summed E-state index contributed by atoms with van der Waals surface area (Å²) in [5.41, 5.74) is 0. The average molecular weight is 234 g/mol. The standard InChI is InChI=1S/C10H14N6O/c1-7-14-9(16-15-7)10(17)13-4-2-3-8-11-5-6-12-8/h5-6H,2-4H2,1H3,(H,11,12)(H,13,17)(H,14,15,16). The van der Waals surface area contributed by atoms with Crippen LogP contribution in [0.4, 0.5) is 0 Å². The molecule has 17 heavy (non-hydrogen) atoms. The lowest BCUT2D eigenvalue weighted by Crippen LogP contribution is -2.26. The Morgan fingerprint density at radius 3 is 3.06 bits per heavy atom. The van der Waals surface area contributed by atoms with Gasteiger partial charge in [0.2, 0.25) is 5.82 Å². The zero-order chi connectivity index (χ0) is 12.1. The molecule has 7 heteroatoms. The molecule has 3 N–H and O–H groups in total. The Balaban J connectivity index is 1.70. The Bertz CT molecular complexity index is 475. The molecular weight excluding hydrogens is 220 g/mol. The van der Waals surface area contributed by atoms with E-state index in [0.29, 0.717) is 12.4 Å². The van der Waals surface area contributed by atoms with Crippen LogP contribution in [0.25, 0.3) is 0 Å². The number of hydrogen-bond donors (Lipinski definition) is 3. The minimum Gasteiger partial charge on any atom is -0.349 e. The zero-order valence-corrected chi connectivity index (χ0v) is 9.53. The van der Waals surface area contributed by atoms with Crippen LogP contribution in [0.1, 0.15) is 28.7 Å². The maximum absolute atomic E-state index is 11.5. The second-order valence-corrected chi connectivity index (χ2v) is 3.64. The number of aromatic amines is 2. The number of hydrogen-bond acceptors (Lipinski definition) is 4. The summed E-state index contributed by atoms with van der Waals surface area (Å²) in [5.74, 6) is 1.48. The highest BCUT2D eigenvalue weighted by Gasteiger charge is 2.09. The first-order valence-corrected chi connectivity index (χ1v) is 5.41. The van der Waals surface area contributed by atoms with Gasteiger partial charge in [-0.15, -0.1) is 5.10 Å². The lowest BCUT2D eigenvalue weighted by Gasteiger charge is -2.00. The fraction of sp³-hybridized carbons (Fsp3) is 0.400. The van der Waals surface area contributed by atoms with E-state index in [1.165, 1.54) is 0 Å². The fourth-order valence-corrected chi connectivity index (χ4v) is 1.42. The predicted octanol–water partition coefficient (Wildman–Crippen LogP) is 0.199. The number of nitrogens with one attached hydrogen (secondary N) is 3. The summed E-state index contributed by atoms with van der Waals surface area (Å²) in [6.07, 6.45) is 5.12. The molecule has 0 fully saturated rings. The fourth-order valence-electron chi connectivity index (χ4n) is 1.42. The number of H-pyrrole nitrogens is 2. The first-order chi connectivity index (χ1) is 8.25. The molecule has 2 rings (SSSR count). The molecule has 0 aliphatic carbocycles. The summed E-state index contributed by atoms with van der Waals surface area (Å²) < 4.78 is 0. The largest absolute Gasteiger partial charge is 0.349 e. The summed E-state index contributed by atoms with van der Waals surface area (Å²) in [6.45, 7) is 2.33. The van der Waals surface area contributed by atoms with Crippen molar-refractivity contribution in [1.82, 2.24) is 30.5 Å². The molecule has 0 radical (unpaired) electrons. The highest BCUT2D eigenvalue weighted by Crippen LogP contribution is 1.94. The molecule has 7 nitrogen and oxygen atoms in total. The molecule has 1 amide bonds. The molecule has 0 aliphatic rings. The topological polar surface area (TPSA) is 99.3 Å². The third kappa shape index (κ3) is 3.13. The van der Waals surface area contributed by atoms with E-state index in [0.717, 1.165) is 18.7 Å². The summed E-state index contributed by atoms with van der Waals surface area (Å²) in [6, 6.07) is 0. The van der Waals surface area contributed by atoms with Crippen LogP contribution in [0.5, 0.6) is 0 Å². The number of amides is 1. The quantitative estimate of drug-likeness (QED) is 0.643. The molecule has 0 bridgehead atoms. The number of imidazole rings is 1. The van der Waals surface area contributed by atoms with Gasteiger partial charge in [0, 0.05) is 25.4 Å². The number of aromatic nitrogens is 5. The van der Waals surface area contributed by atoms with Crippen molar-refractivity contribution in [3.63, 3.8) is 0 Å². The summed E-state index contributed by atoms with van der Waals surface area (Å²) in [4.78, 5) is 22.6. The Hall–Kier alpha value is -2.18. The minimum atomic E-state index is -0.256. The Morgan fingerprint density at radius 1 is 1.53 bits per heavy atom. The molecule has 0 aromatic carbocycles. The molecule has 2 aromatic heterocycles. The van der Waals surface area contributed by atoms with Crippen molar-refractivity contribution < 1.29 is 4.79 Å². The van der Waals surface area contributed by atoms with Crippen molar-refractivity contribution >= 4 is 5.91 Å². The van der Waals surface area contributed by atoms with E-state index in [-0.39, 0.29) is 11.7 Å². The van der Waals surface area contributed by atoms with Crippen LogP contribution < -0.4 is 5.32 Å². The van der Waals surface area contributed by atoms with Gasteiger partial charge >= 0.3 is 0 Å². The van der Waals surface area contributed by atoms with E-state index in [1.54, 1.807) is 19.3 Å². The number of rotatable bonds is 5. The van der Waals surface area contributed by atoms with Crippen molar-refractivity contribution in [3.8, 4) is 0 Å². The first-order valence-electron chi connectivity index (χ1n) is 5.41. The molecule has 0 unspecified atom stereocenters. The SMILES string of the molecule is Cc1nc(C(=O)NCCCc2ncc[nH]2)n[nH]1. The monoisotopic (exact) mass is 234 g/mol. The van der Waals surface area contributed by atoms with Crippen LogP contribution in [0.3, 0.4) is 0 Å². The van der Waals surface area contributed by atoms with Crippen LogP contribution in [0.2, 0.25) is 0 Å².